The van der Waals surface area contributed by atoms with Crippen molar-refractivity contribution < 1.29 is 4.79 Å². The van der Waals surface area contributed by atoms with Crippen molar-refractivity contribution in [3.8, 4) is 0 Å². The Morgan fingerprint density at radius 1 is 1.12 bits per heavy atom. The highest BCUT2D eigenvalue weighted by molar-refractivity contribution is 6.12. The van der Waals surface area contributed by atoms with E-state index in [-0.39, 0.29) is 11.8 Å². The van der Waals surface area contributed by atoms with Crippen molar-refractivity contribution in [2.75, 3.05) is 5.32 Å². The van der Waals surface area contributed by atoms with Crippen LogP contribution in [0.1, 0.15) is 56.9 Å². The average Bonchev–Trinajstić information content (AvgIpc) is 2.86. The molecule has 4 saturated carbocycles. The fourth-order valence-electron chi connectivity index (χ4n) is 6.44. The Kier molecular flexibility index (Phi) is 3.17. The van der Waals surface area contributed by atoms with E-state index >= 15 is 0 Å². The molecule has 1 N–H and O–H groups in total. The van der Waals surface area contributed by atoms with Gasteiger partial charge in [-0.3, -0.25) is 9.79 Å². The third-order valence-electron chi connectivity index (χ3n) is 7.27. The molecule has 6 rings (SSSR count). The zero-order valence-electron chi connectivity index (χ0n) is 14.4. The molecule has 1 aromatic carbocycles. The summed E-state index contributed by atoms with van der Waals surface area (Å²) in [6, 6.07) is 8.33. The minimum atomic E-state index is -0.211. The lowest BCUT2D eigenvalue weighted by Crippen LogP contribution is -2.50. The second-order valence-corrected chi connectivity index (χ2v) is 8.81. The molecule has 1 aliphatic heterocycles. The highest BCUT2D eigenvalue weighted by Gasteiger charge is 2.53. The van der Waals surface area contributed by atoms with E-state index in [1.807, 2.05) is 30.5 Å². The zero-order valence-corrected chi connectivity index (χ0v) is 14.4. The van der Waals surface area contributed by atoms with Crippen molar-refractivity contribution in [2.24, 2.45) is 28.2 Å². The first kappa shape index (κ1) is 14.7. The minimum Gasteiger partial charge on any atom is -0.325 e. The Morgan fingerprint density at radius 2 is 1.75 bits per heavy atom. The van der Waals surface area contributed by atoms with Crippen molar-refractivity contribution in [3.05, 3.63) is 29.8 Å². The number of para-hydroxylation sites is 1. The van der Waals surface area contributed by atoms with Gasteiger partial charge in [-0.25, -0.2) is 0 Å². The number of benzene rings is 1. The van der Waals surface area contributed by atoms with Crippen molar-refractivity contribution in [2.45, 2.75) is 57.4 Å². The van der Waals surface area contributed by atoms with Crippen molar-refractivity contribution in [1.82, 2.24) is 0 Å². The van der Waals surface area contributed by atoms with E-state index in [9.17, 15) is 4.79 Å². The van der Waals surface area contributed by atoms with Gasteiger partial charge in [-0.1, -0.05) is 18.2 Å². The molecule has 1 unspecified atom stereocenters. The van der Waals surface area contributed by atoms with E-state index in [4.69, 9.17) is 4.99 Å². The summed E-state index contributed by atoms with van der Waals surface area (Å²) >= 11 is 0. The molecule has 3 nitrogen and oxygen atoms in total. The normalized spacial score (nSPS) is 40.8. The summed E-state index contributed by atoms with van der Waals surface area (Å²) in [7, 11) is 0. The summed E-state index contributed by atoms with van der Waals surface area (Å²) in [6.07, 6.45) is 10.4. The molecule has 1 heterocycles. The Labute approximate surface area is 143 Å². The molecule has 4 fully saturated rings. The van der Waals surface area contributed by atoms with E-state index in [0.29, 0.717) is 11.5 Å². The monoisotopic (exact) mass is 322 g/mol. The highest BCUT2D eigenvalue weighted by Crippen LogP contribution is 2.61. The van der Waals surface area contributed by atoms with Crippen molar-refractivity contribution >= 4 is 17.8 Å². The Hall–Kier alpha value is -1.64. The van der Waals surface area contributed by atoms with Gasteiger partial charge < -0.3 is 5.32 Å². The number of carbonyl (C=O) groups is 1. The fraction of sp³-hybridized carbons (Fsp3) is 0.619. The van der Waals surface area contributed by atoms with E-state index in [1.54, 1.807) is 0 Å². The zero-order chi connectivity index (χ0) is 16.3. The van der Waals surface area contributed by atoms with Crippen LogP contribution < -0.4 is 5.32 Å². The lowest BCUT2D eigenvalue weighted by atomic mass is 9.48. The Balaban J connectivity index is 1.38. The van der Waals surface area contributed by atoms with Gasteiger partial charge in [-0.05, 0) is 80.2 Å². The van der Waals surface area contributed by atoms with E-state index < -0.39 is 0 Å². The van der Waals surface area contributed by atoms with Crippen LogP contribution in [0.25, 0.3) is 0 Å². The van der Waals surface area contributed by atoms with Crippen LogP contribution in [0.2, 0.25) is 0 Å². The summed E-state index contributed by atoms with van der Waals surface area (Å²) in [5.74, 6) is 2.70. The van der Waals surface area contributed by atoms with Crippen LogP contribution in [0, 0.1) is 23.2 Å². The molecule has 24 heavy (non-hydrogen) atoms. The number of nitrogens with zero attached hydrogens (tertiary/aromatic N) is 1. The second kappa shape index (κ2) is 5.18. The molecule has 5 aliphatic rings. The molecule has 0 aromatic heterocycles. The predicted molar refractivity (Wildman–Crippen MR) is 96.4 cm³/mol. The molecular formula is C21H26N2O. The van der Waals surface area contributed by atoms with Crippen LogP contribution in [0.4, 0.5) is 5.69 Å². The SMILES string of the molecule is C[C@H](N=CC1C(=O)Nc2ccccc21)C12CC3CC(CC(C3)C1)C2. The third kappa shape index (κ3) is 2.17. The smallest absolute Gasteiger partial charge is 0.237 e. The number of nitrogens with one attached hydrogen (secondary N) is 1. The predicted octanol–water partition coefficient (Wildman–Crippen LogP) is 4.40. The summed E-state index contributed by atoms with van der Waals surface area (Å²) in [5.41, 5.74) is 2.44. The van der Waals surface area contributed by atoms with E-state index in [2.05, 4.69) is 12.2 Å². The molecular weight excluding hydrogens is 296 g/mol. The van der Waals surface area contributed by atoms with E-state index in [1.165, 1.54) is 38.5 Å². The van der Waals surface area contributed by atoms with Gasteiger partial charge in [0.25, 0.3) is 0 Å². The van der Waals surface area contributed by atoms with Crippen LogP contribution >= 0.6 is 0 Å². The second-order valence-electron chi connectivity index (χ2n) is 8.81. The van der Waals surface area contributed by atoms with Crippen LogP contribution in [0.5, 0.6) is 0 Å². The first-order chi connectivity index (χ1) is 11.6. The number of hydrogen-bond donors (Lipinski definition) is 1. The van der Waals surface area contributed by atoms with Gasteiger partial charge in [0.2, 0.25) is 5.91 Å². The lowest BCUT2D eigenvalue weighted by Gasteiger charge is -2.58. The summed E-state index contributed by atoms with van der Waals surface area (Å²) in [6.45, 7) is 2.29. The maximum absolute atomic E-state index is 12.3. The molecule has 0 spiro atoms. The lowest BCUT2D eigenvalue weighted by molar-refractivity contribution is -0.115. The molecule has 0 saturated heterocycles. The molecule has 3 heteroatoms. The average molecular weight is 322 g/mol. The summed E-state index contributed by atoms with van der Waals surface area (Å²) in [4.78, 5) is 17.2. The number of carbonyl (C=O) groups excluding carboxylic acids is 1. The Bertz CT molecular complexity index is 672. The number of fused-ring (bicyclic) bond motifs is 1. The molecule has 126 valence electrons. The largest absolute Gasteiger partial charge is 0.325 e. The minimum absolute atomic E-state index is 0.0673. The summed E-state index contributed by atoms with van der Waals surface area (Å²) in [5, 5.41) is 2.98. The number of amides is 1. The van der Waals surface area contributed by atoms with Crippen molar-refractivity contribution in [1.29, 1.82) is 0 Å². The van der Waals surface area contributed by atoms with E-state index in [0.717, 1.165) is 29.0 Å². The van der Waals surface area contributed by atoms with Gasteiger partial charge in [0.1, 0.15) is 5.92 Å². The fourth-order valence-corrected chi connectivity index (χ4v) is 6.44. The molecule has 4 bridgehead atoms. The van der Waals surface area contributed by atoms with Gasteiger partial charge in [-0.2, -0.15) is 0 Å². The molecule has 4 aliphatic carbocycles. The standard InChI is InChI=1S/C21H26N2O/c1-13(21-9-14-6-15(10-21)8-16(7-14)11-21)22-12-18-17-4-2-3-5-19(17)23-20(18)24/h2-5,12-16,18H,6-11H2,1H3,(H,23,24)/t13-,14?,15?,16?,18?,21?/m0/s1. The Morgan fingerprint density at radius 3 is 2.42 bits per heavy atom. The van der Waals surface area contributed by atoms with Gasteiger partial charge in [0.05, 0.1) is 6.04 Å². The number of anilines is 1. The first-order valence-corrected chi connectivity index (χ1v) is 9.56. The van der Waals surface area contributed by atoms with Gasteiger partial charge in [-0.15, -0.1) is 0 Å². The molecule has 0 radical (unpaired) electrons. The van der Waals surface area contributed by atoms with Gasteiger partial charge in [0.15, 0.2) is 0 Å². The molecule has 1 amide bonds. The maximum Gasteiger partial charge on any atom is 0.237 e. The third-order valence-corrected chi connectivity index (χ3v) is 7.27. The number of rotatable bonds is 3. The van der Waals surface area contributed by atoms with Crippen LogP contribution in [0.15, 0.2) is 29.3 Å². The quantitative estimate of drug-likeness (QED) is 0.824. The molecule has 2 atom stereocenters. The summed E-state index contributed by atoms with van der Waals surface area (Å²) < 4.78 is 0. The van der Waals surface area contributed by atoms with Gasteiger partial charge in [0, 0.05) is 11.9 Å². The van der Waals surface area contributed by atoms with Crippen LogP contribution in [0.3, 0.4) is 0 Å². The highest BCUT2D eigenvalue weighted by atomic mass is 16.2. The van der Waals surface area contributed by atoms with Crippen molar-refractivity contribution in [3.63, 3.8) is 0 Å². The molecule has 1 aromatic rings. The number of hydrogen-bond acceptors (Lipinski definition) is 2. The van der Waals surface area contributed by atoms with Crippen LogP contribution in [-0.4, -0.2) is 18.2 Å². The topological polar surface area (TPSA) is 41.5 Å². The maximum atomic E-state index is 12.3. The van der Waals surface area contributed by atoms with Crippen LogP contribution in [-0.2, 0) is 4.79 Å². The number of aliphatic imine (C=N–C) groups is 1. The first-order valence-electron chi connectivity index (χ1n) is 9.56. The van der Waals surface area contributed by atoms with Gasteiger partial charge >= 0.3 is 0 Å².